The molecular weight excluding hydrogens is 232 g/mol. The lowest BCUT2D eigenvalue weighted by Gasteiger charge is -2.15. The summed E-state index contributed by atoms with van der Waals surface area (Å²) in [5.41, 5.74) is 1.08. The van der Waals surface area contributed by atoms with Gasteiger partial charge in [-0.15, -0.1) is 0 Å². The van der Waals surface area contributed by atoms with Crippen molar-refractivity contribution in [2.24, 2.45) is 0 Å². The first-order valence-electron chi connectivity index (χ1n) is 6.00. The number of hydrogen-bond donors (Lipinski definition) is 2. The molecule has 0 aromatic carbocycles. The summed E-state index contributed by atoms with van der Waals surface area (Å²) in [7, 11) is 0. The first kappa shape index (κ1) is 14.1. The Kier molecular flexibility index (Phi) is 6.11. The zero-order chi connectivity index (χ0) is 12.7. The molecule has 2 N–H and O–H groups in total. The second-order valence-electron chi connectivity index (χ2n) is 4.15. The van der Waals surface area contributed by atoms with Crippen LogP contribution < -0.4 is 10.6 Å². The van der Waals surface area contributed by atoms with E-state index < -0.39 is 0 Å². The van der Waals surface area contributed by atoms with Crippen molar-refractivity contribution in [2.45, 2.75) is 33.2 Å². The van der Waals surface area contributed by atoms with Crippen molar-refractivity contribution in [1.82, 2.24) is 9.97 Å². The summed E-state index contributed by atoms with van der Waals surface area (Å²) >= 11 is 1.83. The van der Waals surface area contributed by atoms with Crippen LogP contribution in [-0.2, 0) is 0 Å². The van der Waals surface area contributed by atoms with Gasteiger partial charge in [0, 0.05) is 30.1 Å². The first-order chi connectivity index (χ1) is 8.17. The highest BCUT2D eigenvalue weighted by Gasteiger charge is 2.06. The van der Waals surface area contributed by atoms with Crippen LogP contribution in [0.2, 0.25) is 0 Å². The highest BCUT2D eigenvalue weighted by Crippen LogP contribution is 2.14. The van der Waals surface area contributed by atoms with Gasteiger partial charge in [-0.3, -0.25) is 0 Å². The van der Waals surface area contributed by atoms with Gasteiger partial charge in [0.05, 0.1) is 0 Å². The Morgan fingerprint density at radius 1 is 1.47 bits per heavy atom. The van der Waals surface area contributed by atoms with Crippen LogP contribution in [0.3, 0.4) is 0 Å². The standard InChI is InChI=1S/C12H22N4S/c1-5-6-13-12-14-7-9(2)11(16-12)15-10(3)8-17-4/h7,10H,5-6,8H2,1-4H3,(H2,13,14,15,16). The molecular formula is C12H22N4S. The minimum atomic E-state index is 0.414. The molecule has 1 unspecified atom stereocenters. The fourth-order valence-electron chi connectivity index (χ4n) is 1.44. The van der Waals surface area contributed by atoms with Gasteiger partial charge >= 0.3 is 0 Å². The van der Waals surface area contributed by atoms with Crippen molar-refractivity contribution in [3.05, 3.63) is 11.8 Å². The topological polar surface area (TPSA) is 49.8 Å². The molecule has 1 rings (SSSR count). The fourth-order valence-corrected chi connectivity index (χ4v) is 2.02. The molecule has 0 saturated heterocycles. The lowest BCUT2D eigenvalue weighted by atomic mass is 10.3. The van der Waals surface area contributed by atoms with Crippen LogP contribution >= 0.6 is 11.8 Å². The molecule has 1 heterocycles. The molecule has 0 aliphatic heterocycles. The summed E-state index contributed by atoms with van der Waals surface area (Å²) in [6.45, 7) is 7.22. The zero-order valence-corrected chi connectivity index (χ0v) is 11.9. The summed E-state index contributed by atoms with van der Waals surface area (Å²) in [5.74, 6) is 2.71. The Balaban J connectivity index is 2.68. The number of nitrogens with zero attached hydrogens (tertiary/aromatic N) is 2. The van der Waals surface area contributed by atoms with Gasteiger partial charge in [0.2, 0.25) is 5.95 Å². The molecule has 96 valence electrons. The predicted octanol–water partition coefficient (Wildman–Crippen LogP) is 2.77. The molecule has 0 fully saturated rings. The number of thioether (sulfide) groups is 1. The first-order valence-corrected chi connectivity index (χ1v) is 7.39. The van der Waals surface area contributed by atoms with Crippen LogP contribution in [0.1, 0.15) is 25.8 Å². The van der Waals surface area contributed by atoms with Gasteiger partial charge < -0.3 is 10.6 Å². The molecule has 1 aromatic heterocycles. The summed E-state index contributed by atoms with van der Waals surface area (Å²) in [6.07, 6.45) is 5.04. The van der Waals surface area contributed by atoms with Gasteiger partial charge in [-0.25, -0.2) is 4.98 Å². The molecule has 4 nitrogen and oxygen atoms in total. The Morgan fingerprint density at radius 3 is 2.88 bits per heavy atom. The lowest BCUT2D eigenvalue weighted by Crippen LogP contribution is -2.20. The molecule has 0 bridgehead atoms. The zero-order valence-electron chi connectivity index (χ0n) is 11.1. The van der Waals surface area contributed by atoms with E-state index in [1.54, 1.807) is 0 Å². The van der Waals surface area contributed by atoms with E-state index in [1.807, 2.05) is 24.9 Å². The van der Waals surface area contributed by atoms with E-state index in [9.17, 15) is 0 Å². The van der Waals surface area contributed by atoms with E-state index in [4.69, 9.17) is 0 Å². The van der Waals surface area contributed by atoms with Crippen molar-refractivity contribution in [3.8, 4) is 0 Å². The van der Waals surface area contributed by atoms with E-state index in [0.717, 1.165) is 30.1 Å². The van der Waals surface area contributed by atoms with E-state index in [-0.39, 0.29) is 0 Å². The van der Waals surface area contributed by atoms with E-state index >= 15 is 0 Å². The third-order valence-electron chi connectivity index (χ3n) is 2.30. The second kappa shape index (κ2) is 7.37. The SMILES string of the molecule is CCCNc1ncc(C)c(NC(C)CSC)n1. The third kappa shape index (κ3) is 4.81. The minimum absolute atomic E-state index is 0.414. The van der Waals surface area contributed by atoms with Gasteiger partial charge in [0.25, 0.3) is 0 Å². The maximum atomic E-state index is 4.49. The van der Waals surface area contributed by atoms with Crippen molar-refractivity contribution < 1.29 is 0 Å². The van der Waals surface area contributed by atoms with E-state index in [1.165, 1.54) is 0 Å². The number of rotatable bonds is 7. The maximum Gasteiger partial charge on any atom is 0.224 e. The Hall–Kier alpha value is -0.970. The minimum Gasteiger partial charge on any atom is -0.366 e. The van der Waals surface area contributed by atoms with E-state index in [0.29, 0.717) is 12.0 Å². The second-order valence-corrected chi connectivity index (χ2v) is 5.06. The van der Waals surface area contributed by atoms with Crippen LogP contribution in [0.25, 0.3) is 0 Å². The van der Waals surface area contributed by atoms with Crippen molar-refractivity contribution in [1.29, 1.82) is 0 Å². The van der Waals surface area contributed by atoms with Gasteiger partial charge in [-0.1, -0.05) is 6.92 Å². The Bertz CT molecular complexity index is 343. The van der Waals surface area contributed by atoms with Crippen LogP contribution in [0.5, 0.6) is 0 Å². The normalized spacial score (nSPS) is 12.2. The van der Waals surface area contributed by atoms with Gasteiger partial charge in [-0.05, 0) is 26.5 Å². The number of nitrogens with one attached hydrogen (secondary N) is 2. The molecule has 0 aliphatic carbocycles. The molecule has 0 amide bonds. The van der Waals surface area contributed by atoms with Crippen LogP contribution in [0, 0.1) is 6.92 Å². The number of anilines is 2. The summed E-state index contributed by atoms with van der Waals surface area (Å²) in [6, 6.07) is 0.414. The van der Waals surface area contributed by atoms with E-state index in [2.05, 4.69) is 40.7 Å². The largest absolute Gasteiger partial charge is 0.366 e. The monoisotopic (exact) mass is 254 g/mol. The Morgan fingerprint density at radius 2 is 2.24 bits per heavy atom. The van der Waals surface area contributed by atoms with Crippen LogP contribution in [-0.4, -0.2) is 34.6 Å². The highest BCUT2D eigenvalue weighted by atomic mass is 32.2. The highest BCUT2D eigenvalue weighted by molar-refractivity contribution is 7.98. The van der Waals surface area contributed by atoms with Gasteiger partial charge in [-0.2, -0.15) is 16.7 Å². The number of hydrogen-bond acceptors (Lipinski definition) is 5. The summed E-state index contributed by atoms with van der Waals surface area (Å²) in [5, 5.41) is 6.62. The lowest BCUT2D eigenvalue weighted by molar-refractivity contribution is 0.890. The maximum absolute atomic E-state index is 4.49. The third-order valence-corrected chi connectivity index (χ3v) is 3.14. The van der Waals surface area contributed by atoms with Crippen LogP contribution in [0.4, 0.5) is 11.8 Å². The summed E-state index contributed by atoms with van der Waals surface area (Å²) in [4.78, 5) is 8.75. The number of aryl methyl sites for hydroxylation is 1. The van der Waals surface area contributed by atoms with Gasteiger partial charge in [0.15, 0.2) is 0 Å². The quantitative estimate of drug-likeness (QED) is 0.783. The van der Waals surface area contributed by atoms with Crippen molar-refractivity contribution >= 4 is 23.5 Å². The average Bonchev–Trinajstić information content (AvgIpc) is 2.30. The fraction of sp³-hybridized carbons (Fsp3) is 0.667. The molecule has 0 aliphatic rings. The van der Waals surface area contributed by atoms with Crippen molar-refractivity contribution in [3.63, 3.8) is 0 Å². The number of aromatic nitrogens is 2. The average molecular weight is 254 g/mol. The summed E-state index contributed by atoms with van der Waals surface area (Å²) < 4.78 is 0. The molecule has 0 radical (unpaired) electrons. The van der Waals surface area contributed by atoms with Gasteiger partial charge in [0.1, 0.15) is 5.82 Å². The molecule has 1 atom stereocenters. The molecule has 0 saturated carbocycles. The molecule has 0 spiro atoms. The predicted molar refractivity (Wildman–Crippen MR) is 77.0 cm³/mol. The van der Waals surface area contributed by atoms with Crippen LogP contribution in [0.15, 0.2) is 6.20 Å². The smallest absolute Gasteiger partial charge is 0.224 e. The molecule has 17 heavy (non-hydrogen) atoms. The molecule has 1 aromatic rings. The Labute approximate surface area is 108 Å². The van der Waals surface area contributed by atoms with Crippen molar-refractivity contribution in [2.75, 3.05) is 29.2 Å². The molecule has 5 heteroatoms.